The number of nitrogens with zero attached hydrogens (tertiary/aromatic N) is 1. The Morgan fingerprint density at radius 1 is 1.18 bits per heavy atom. The summed E-state index contributed by atoms with van der Waals surface area (Å²) in [4.78, 5) is 36.9. The van der Waals surface area contributed by atoms with E-state index in [2.05, 4.69) is 10.1 Å². The molecule has 1 N–H and O–H groups in total. The SMILES string of the molecule is COC(=O)c1cccc(C(=O)N(C)CC(=O)NC(C)(C)C)c1. The second kappa shape index (κ2) is 7.06. The van der Waals surface area contributed by atoms with Crippen molar-refractivity contribution in [1.29, 1.82) is 0 Å². The normalized spacial score (nSPS) is 10.8. The molecule has 1 aromatic rings. The molecule has 0 spiro atoms. The molecular weight excluding hydrogens is 284 g/mol. The molecular formula is C16H22N2O4. The van der Waals surface area contributed by atoms with E-state index >= 15 is 0 Å². The number of benzene rings is 1. The summed E-state index contributed by atoms with van der Waals surface area (Å²) in [6.45, 7) is 5.55. The van der Waals surface area contributed by atoms with Gasteiger partial charge >= 0.3 is 5.97 Å². The van der Waals surface area contributed by atoms with Gasteiger partial charge in [0.15, 0.2) is 0 Å². The number of ether oxygens (including phenoxy) is 1. The molecule has 22 heavy (non-hydrogen) atoms. The zero-order chi connectivity index (χ0) is 16.9. The van der Waals surface area contributed by atoms with Gasteiger partial charge in [-0.2, -0.15) is 0 Å². The number of hydrogen-bond acceptors (Lipinski definition) is 4. The van der Waals surface area contributed by atoms with E-state index in [4.69, 9.17) is 0 Å². The van der Waals surface area contributed by atoms with Crippen LogP contribution in [-0.4, -0.2) is 48.9 Å². The van der Waals surface area contributed by atoms with Crippen LogP contribution < -0.4 is 5.32 Å². The maximum absolute atomic E-state index is 12.3. The van der Waals surface area contributed by atoms with Crippen LogP contribution in [0.3, 0.4) is 0 Å². The summed E-state index contributed by atoms with van der Waals surface area (Å²) >= 11 is 0. The number of methoxy groups -OCH3 is 1. The van der Waals surface area contributed by atoms with Crippen molar-refractivity contribution in [3.05, 3.63) is 35.4 Å². The number of likely N-dealkylation sites (N-methyl/N-ethyl adjacent to an activating group) is 1. The highest BCUT2D eigenvalue weighted by atomic mass is 16.5. The Morgan fingerprint density at radius 2 is 1.77 bits per heavy atom. The monoisotopic (exact) mass is 306 g/mol. The Kier molecular flexibility index (Phi) is 5.68. The number of carbonyl (C=O) groups is 3. The van der Waals surface area contributed by atoms with Gasteiger partial charge in [0, 0.05) is 18.2 Å². The molecule has 120 valence electrons. The van der Waals surface area contributed by atoms with Gasteiger partial charge in [0.2, 0.25) is 5.91 Å². The van der Waals surface area contributed by atoms with Crippen molar-refractivity contribution in [2.45, 2.75) is 26.3 Å². The molecule has 0 atom stereocenters. The quantitative estimate of drug-likeness (QED) is 0.855. The topological polar surface area (TPSA) is 75.7 Å². The maximum Gasteiger partial charge on any atom is 0.337 e. The molecule has 0 bridgehead atoms. The highest BCUT2D eigenvalue weighted by molar-refractivity contribution is 5.99. The Morgan fingerprint density at radius 3 is 2.32 bits per heavy atom. The van der Waals surface area contributed by atoms with Gasteiger partial charge in [0.25, 0.3) is 5.91 Å². The maximum atomic E-state index is 12.3. The Balaban J connectivity index is 2.79. The van der Waals surface area contributed by atoms with Gasteiger partial charge in [0.05, 0.1) is 19.2 Å². The molecule has 0 aliphatic rings. The fourth-order valence-electron chi connectivity index (χ4n) is 1.86. The minimum absolute atomic E-state index is 0.0570. The van der Waals surface area contributed by atoms with E-state index in [0.717, 1.165) is 0 Å². The second-order valence-corrected chi connectivity index (χ2v) is 6.03. The molecule has 6 nitrogen and oxygen atoms in total. The highest BCUT2D eigenvalue weighted by Crippen LogP contribution is 2.09. The summed E-state index contributed by atoms with van der Waals surface area (Å²) in [6.07, 6.45) is 0. The summed E-state index contributed by atoms with van der Waals surface area (Å²) < 4.78 is 4.62. The van der Waals surface area contributed by atoms with Crippen LogP contribution in [0, 0.1) is 0 Å². The molecule has 0 saturated carbocycles. The first-order valence-electron chi connectivity index (χ1n) is 6.89. The lowest BCUT2D eigenvalue weighted by Crippen LogP contribution is -2.46. The zero-order valence-electron chi connectivity index (χ0n) is 13.6. The first-order valence-corrected chi connectivity index (χ1v) is 6.89. The van der Waals surface area contributed by atoms with Crippen molar-refractivity contribution in [3.8, 4) is 0 Å². The lowest BCUT2D eigenvalue weighted by Gasteiger charge is -2.23. The van der Waals surface area contributed by atoms with E-state index in [9.17, 15) is 14.4 Å². The van der Waals surface area contributed by atoms with Crippen LogP contribution in [0.1, 0.15) is 41.5 Å². The van der Waals surface area contributed by atoms with E-state index in [-0.39, 0.29) is 23.9 Å². The number of carbonyl (C=O) groups excluding carboxylic acids is 3. The minimum Gasteiger partial charge on any atom is -0.465 e. The van der Waals surface area contributed by atoms with E-state index in [1.807, 2.05) is 20.8 Å². The molecule has 2 amide bonds. The first kappa shape index (κ1) is 17.7. The van der Waals surface area contributed by atoms with Crippen molar-refractivity contribution in [2.75, 3.05) is 20.7 Å². The van der Waals surface area contributed by atoms with Crippen molar-refractivity contribution in [2.24, 2.45) is 0 Å². The third kappa shape index (κ3) is 5.20. The molecule has 6 heteroatoms. The van der Waals surface area contributed by atoms with Crippen LogP contribution in [0.4, 0.5) is 0 Å². The molecule has 1 aromatic carbocycles. The van der Waals surface area contributed by atoms with Crippen LogP contribution in [-0.2, 0) is 9.53 Å². The predicted octanol–water partition coefficient (Wildman–Crippen LogP) is 1.46. The zero-order valence-corrected chi connectivity index (χ0v) is 13.6. The van der Waals surface area contributed by atoms with Gasteiger partial charge in [-0.3, -0.25) is 9.59 Å². The summed E-state index contributed by atoms with van der Waals surface area (Å²) in [6, 6.07) is 6.21. The van der Waals surface area contributed by atoms with Crippen LogP contribution >= 0.6 is 0 Å². The van der Waals surface area contributed by atoms with Gasteiger partial charge in [-0.1, -0.05) is 6.07 Å². The average Bonchev–Trinajstić information content (AvgIpc) is 2.43. The Hall–Kier alpha value is -2.37. The fraction of sp³-hybridized carbons (Fsp3) is 0.438. The van der Waals surface area contributed by atoms with Gasteiger partial charge in [0.1, 0.15) is 0 Å². The van der Waals surface area contributed by atoms with Crippen molar-refractivity contribution in [1.82, 2.24) is 10.2 Å². The largest absolute Gasteiger partial charge is 0.465 e. The van der Waals surface area contributed by atoms with Crippen molar-refractivity contribution < 1.29 is 19.1 Å². The van der Waals surface area contributed by atoms with Gasteiger partial charge < -0.3 is 15.0 Å². The minimum atomic E-state index is -0.511. The van der Waals surface area contributed by atoms with Crippen LogP contribution in [0.25, 0.3) is 0 Å². The first-order chi connectivity index (χ1) is 10.1. The van der Waals surface area contributed by atoms with E-state index in [1.54, 1.807) is 18.2 Å². The smallest absolute Gasteiger partial charge is 0.337 e. The predicted molar refractivity (Wildman–Crippen MR) is 82.6 cm³/mol. The summed E-state index contributed by atoms with van der Waals surface area (Å²) in [5, 5.41) is 2.79. The Labute approximate surface area is 130 Å². The molecule has 0 heterocycles. The number of esters is 1. The standard InChI is InChI=1S/C16H22N2O4/c1-16(2,3)17-13(19)10-18(4)14(20)11-7-6-8-12(9-11)15(21)22-5/h6-9H,10H2,1-5H3,(H,17,19). The lowest BCUT2D eigenvalue weighted by atomic mass is 10.1. The van der Waals surface area contributed by atoms with Gasteiger partial charge in [-0.25, -0.2) is 4.79 Å². The van der Waals surface area contributed by atoms with Gasteiger partial charge in [-0.05, 0) is 39.0 Å². The fourth-order valence-corrected chi connectivity index (χ4v) is 1.86. The molecule has 0 radical (unpaired) electrons. The third-order valence-electron chi connectivity index (χ3n) is 2.77. The number of nitrogens with one attached hydrogen (secondary N) is 1. The van der Waals surface area contributed by atoms with Crippen LogP contribution in [0.2, 0.25) is 0 Å². The number of amides is 2. The third-order valence-corrected chi connectivity index (χ3v) is 2.77. The molecule has 0 aliphatic heterocycles. The molecule has 1 rings (SSSR count). The Bertz CT molecular complexity index is 576. The molecule has 0 unspecified atom stereocenters. The molecule has 0 aliphatic carbocycles. The summed E-state index contributed by atoms with van der Waals surface area (Å²) in [5.41, 5.74) is 0.265. The molecule has 0 aromatic heterocycles. The molecule has 0 fully saturated rings. The van der Waals surface area contributed by atoms with E-state index in [1.165, 1.54) is 25.1 Å². The van der Waals surface area contributed by atoms with Crippen molar-refractivity contribution in [3.63, 3.8) is 0 Å². The molecule has 0 saturated heterocycles. The second-order valence-electron chi connectivity index (χ2n) is 6.03. The average molecular weight is 306 g/mol. The summed E-state index contributed by atoms with van der Waals surface area (Å²) in [5.74, 6) is -1.09. The number of hydrogen-bond donors (Lipinski definition) is 1. The lowest BCUT2D eigenvalue weighted by molar-refractivity contribution is -0.122. The highest BCUT2D eigenvalue weighted by Gasteiger charge is 2.19. The van der Waals surface area contributed by atoms with E-state index in [0.29, 0.717) is 11.1 Å². The van der Waals surface area contributed by atoms with Crippen LogP contribution in [0.5, 0.6) is 0 Å². The van der Waals surface area contributed by atoms with Crippen LogP contribution in [0.15, 0.2) is 24.3 Å². The van der Waals surface area contributed by atoms with Crippen molar-refractivity contribution >= 4 is 17.8 Å². The summed E-state index contributed by atoms with van der Waals surface area (Å²) in [7, 11) is 2.81. The van der Waals surface area contributed by atoms with E-state index < -0.39 is 5.97 Å². The van der Waals surface area contributed by atoms with Gasteiger partial charge in [-0.15, -0.1) is 0 Å². The number of rotatable bonds is 4.